The molecule has 19 heavy (non-hydrogen) atoms. The molecule has 0 spiro atoms. The van der Waals surface area contributed by atoms with E-state index in [4.69, 9.17) is 4.52 Å². The molecule has 1 aromatic heterocycles. The Hall–Kier alpha value is -1.30. The molecule has 0 radical (unpaired) electrons. The van der Waals surface area contributed by atoms with E-state index in [0.717, 1.165) is 18.0 Å². The molecular weight excluding hydrogens is 264 g/mol. The molecule has 0 saturated carbocycles. The number of rotatable bonds is 3. The number of aliphatic carboxylic acids is 1. The van der Waals surface area contributed by atoms with Crippen LogP contribution in [0.5, 0.6) is 0 Å². The van der Waals surface area contributed by atoms with Crippen molar-refractivity contribution in [3.05, 3.63) is 23.9 Å². The minimum absolute atomic E-state index is 0.185. The van der Waals surface area contributed by atoms with Gasteiger partial charge in [-0.2, -0.15) is 16.7 Å². The third kappa shape index (κ3) is 2.54. The van der Waals surface area contributed by atoms with E-state index in [9.17, 15) is 9.90 Å². The van der Waals surface area contributed by atoms with Crippen LogP contribution in [0.15, 0.2) is 16.7 Å². The summed E-state index contributed by atoms with van der Waals surface area (Å²) < 4.78 is 5.33. The van der Waals surface area contributed by atoms with Crippen LogP contribution in [-0.4, -0.2) is 27.0 Å². The quantitative estimate of drug-likeness (QED) is 0.858. The third-order valence-electron chi connectivity index (χ3n) is 3.74. The van der Waals surface area contributed by atoms with Gasteiger partial charge < -0.3 is 9.63 Å². The van der Waals surface area contributed by atoms with Gasteiger partial charge in [0.2, 0.25) is 5.89 Å². The van der Waals surface area contributed by atoms with Gasteiger partial charge in [-0.15, -0.1) is 0 Å². The van der Waals surface area contributed by atoms with E-state index in [1.165, 1.54) is 6.42 Å². The predicted molar refractivity (Wildman–Crippen MR) is 71.0 cm³/mol. The molecule has 1 aliphatic heterocycles. The van der Waals surface area contributed by atoms with Crippen molar-refractivity contribution in [3.8, 4) is 0 Å². The summed E-state index contributed by atoms with van der Waals surface area (Å²) in [6.45, 7) is 0. The zero-order valence-electron chi connectivity index (χ0n) is 10.5. The van der Waals surface area contributed by atoms with E-state index in [1.54, 1.807) is 0 Å². The number of hydrogen-bond donors (Lipinski definition) is 1. The molecule has 6 heteroatoms. The van der Waals surface area contributed by atoms with Gasteiger partial charge in [-0.1, -0.05) is 17.3 Å². The number of hydrogen-bond acceptors (Lipinski definition) is 5. The number of thioether (sulfide) groups is 1. The summed E-state index contributed by atoms with van der Waals surface area (Å²) in [5, 5.41) is 13.6. The first-order valence-corrected chi connectivity index (χ1v) is 7.63. The fourth-order valence-corrected chi connectivity index (χ4v) is 3.87. The minimum Gasteiger partial charge on any atom is -0.481 e. The molecule has 3 rings (SSSR count). The van der Waals surface area contributed by atoms with Crippen LogP contribution in [0.4, 0.5) is 0 Å². The van der Waals surface area contributed by atoms with Crippen LogP contribution in [0.25, 0.3) is 0 Å². The monoisotopic (exact) mass is 280 g/mol. The van der Waals surface area contributed by atoms with E-state index in [-0.39, 0.29) is 5.92 Å². The van der Waals surface area contributed by atoms with Crippen molar-refractivity contribution in [2.45, 2.75) is 36.9 Å². The fourth-order valence-electron chi connectivity index (χ4n) is 2.67. The molecule has 0 aromatic carbocycles. The van der Waals surface area contributed by atoms with E-state index in [0.29, 0.717) is 24.0 Å². The smallest absolute Gasteiger partial charge is 0.307 e. The molecule has 102 valence electrons. The van der Waals surface area contributed by atoms with Gasteiger partial charge in [0.15, 0.2) is 5.82 Å². The SMILES string of the molecule is O=C(O)[C@H]1CC=CC[C@H]1c1nc(C2CCCS2)no1. The van der Waals surface area contributed by atoms with Crippen LogP contribution in [0, 0.1) is 5.92 Å². The van der Waals surface area contributed by atoms with Gasteiger partial charge in [-0.25, -0.2) is 0 Å². The molecule has 1 N–H and O–H groups in total. The summed E-state index contributed by atoms with van der Waals surface area (Å²) >= 11 is 1.85. The molecule has 3 atom stereocenters. The van der Waals surface area contributed by atoms with Crippen LogP contribution < -0.4 is 0 Å². The van der Waals surface area contributed by atoms with Crippen molar-refractivity contribution < 1.29 is 14.4 Å². The zero-order chi connectivity index (χ0) is 13.2. The summed E-state index contributed by atoms with van der Waals surface area (Å²) in [5.74, 6) is 0.933. The van der Waals surface area contributed by atoms with Crippen LogP contribution in [0.1, 0.15) is 48.6 Å². The Labute approximate surface area is 115 Å². The first-order chi connectivity index (χ1) is 9.25. The van der Waals surface area contributed by atoms with E-state index in [1.807, 2.05) is 23.9 Å². The lowest BCUT2D eigenvalue weighted by atomic mass is 9.83. The molecule has 1 unspecified atom stereocenters. The van der Waals surface area contributed by atoms with Crippen LogP contribution in [0.3, 0.4) is 0 Å². The van der Waals surface area contributed by atoms with Gasteiger partial charge >= 0.3 is 5.97 Å². The highest BCUT2D eigenvalue weighted by Crippen LogP contribution is 2.40. The molecule has 1 aromatic rings. The highest BCUT2D eigenvalue weighted by molar-refractivity contribution is 7.99. The molecular formula is C13H16N2O3S. The number of carboxylic acid groups (broad SMARTS) is 1. The Morgan fingerprint density at radius 1 is 1.42 bits per heavy atom. The van der Waals surface area contributed by atoms with Crippen molar-refractivity contribution in [1.29, 1.82) is 0 Å². The molecule has 2 aliphatic rings. The highest BCUT2D eigenvalue weighted by atomic mass is 32.2. The first-order valence-electron chi connectivity index (χ1n) is 6.58. The second kappa shape index (κ2) is 5.36. The highest BCUT2D eigenvalue weighted by Gasteiger charge is 2.34. The zero-order valence-corrected chi connectivity index (χ0v) is 11.3. The minimum atomic E-state index is -0.788. The number of aromatic nitrogens is 2. The fraction of sp³-hybridized carbons (Fsp3) is 0.615. The maximum Gasteiger partial charge on any atom is 0.307 e. The Balaban J connectivity index is 1.80. The summed E-state index contributed by atoms with van der Waals surface area (Å²) in [6, 6.07) is 0. The molecule has 5 nitrogen and oxygen atoms in total. The molecule has 2 heterocycles. The predicted octanol–water partition coefficient (Wildman–Crippen LogP) is 2.77. The van der Waals surface area contributed by atoms with Crippen molar-refractivity contribution in [2.75, 3.05) is 5.75 Å². The lowest BCUT2D eigenvalue weighted by Gasteiger charge is -2.21. The van der Waals surface area contributed by atoms with E-state index >= 15 is 0 Å². The van der Waals surface area contributed by atoms with Gasteiger partial charge in [0.05, 0.1) is 17.1 Å². The van der Waals surface area contributed by atoms with Gasteiger partial charge in [-0.3, -0.25) is 4.79 Å². The number of carboxylic acids is 1. The number of nitrogens with zero attached hydrogens (tertiary/aromatic N) is 2. The van der Waals surface area contributed by atoms with Crippen LogP contribution >= 0.6 is 11.8 Å². The summed E-state index contributed by atoms with van der Waals surface area (Å²) in [5.41, 5.74) is 0. The number of carbonyl (C=O) groups is 1. The molecule has 1 aliphatic carbocycles. The Bertz CT molecular complexity index is 494. The maximum atomic E-state index is 11.3. The Morgan fingerprint density at radius 2 is 2.26 bits per heavy atom. The standard InChI is InChI=1S/C13H16N2O3S/c16-13(17)9-5-2-1-4-8(9)12-14-11(15-18-12)10-6-3-7-19-10/h1-2,8-10H,3-7H2,(H,16,17)/t8-,9+,10?/m1/s1. The number of allylic oxidation sites excluding steroid dienone is 2. The second-order valence-corrected chi connectivity index (χ2v) is 6.30. The van der Waals surface area contributed by atoms with Crippen molar-refractivity contribution in [3.63, 3.8) is 0 Å². The van der Waals surface area contributed by atoms with Gasteiger partial charge in [0.25, 0.3) is 0 Å². The van der Waals surface area contributed by atoms with E-state index in [2.05, 4.69) is 10.1 Å². The van der Waals surface area contributed by atoms with Crippen LogP contribution in [-0.2, 0) is 4.79 Å². The Morgan fingerprint density at radius 3 is 3.00 bits per heavy atom. The average Bonchev–Trinajstić information content (AvgIpc) is 3.09. The van der Waals surface area contributed by atoms with Crippen LogP contribution in [0.2, 0.25) is 0 Å². The molecule has 0 amide bonds. The van der Waals surface area contributed by atoms with Crippen molar-refractivity contribution >= 4 is 17.7 Å². The maximum absolute atomic E-state index is 11.3. The average molecular weight is 280 g/mol. The molecule has 1 fully saturated rings. The molecule has 0 bridgehead atoms. The Kier molecular flexibility index (Phi) is 3.59. The summed E-state index contributed by atoms with van der Waals surface area (Å²) in [4.78, 5) is 15.7. The lowest BCUT2D eigenvalue weighted by molar-refractivity contribution is -0.142. The van der Waals surface area contributed by atoms with Gasteiger partial charge in [0, 0.05) is 0 Å². The summed E-state index contributed by atoms with van der Waals surface area (Å²) in [7, 11) is 0. The van der Waals surface area contributed by atoms with Crippen molar-refractivity contribution in [2.24, 2.45) is 5.92 Å². The van der Waals surface area contributed by atoms with E-state index < -0.39 is 11.9 Å². The second-order valence-electron chi connectivity index (χ2n) is 4.99. The summed E-state index contributed by atoms with van der Waals surface area (Å²) in [6.07, 6.45) is 7.38. The van der Waals surface area contributed by atoms with Gasteiger partial charge in [-0.05, 0) is 31.4 Å². The third-order valence-corrected chi connectivity index (χ3v) is 5.12. The lowest BCUT2D eigenvalue weighted by Crippen LogP contribution is -2.23. The van der Waals surface area contributed by atoms with Crippen molar-refractivity contribution in [1.82, 2.24) is 10.1 Å². The largest absolute Gasteiger partial charge is 0.481 e. The van der Waals surface area contributed by atoms with Gasteiger partial charge in [0.1, 0.15) is 0 Å². The first kappa shape index (κ1) is 12.7. The normalized spacial score (nSPS) is 30.6. The molecule has 1 saturated heterocycles. The topological polar surface area (TPSA) is 76.2 Å².